The molecule has 0 aliphatic heterocycles. The van der Waals surface area contributed by atoms with Crippen molar-refractivity contribution in [1.29, 1.82) is 0 Å². The molecule has 5 nitrogen and oxygen atoms in total. The normalized spacial score (nSPS) is 14.5. The fraction of sp³-hybridized carbons (Fsp3) is 0.263. The molecule has 0 saturated heterocycles. The van der Waals surface area contributed by atoms with Gasteiger partial charge in [-0.25, -0.2) is 0 Å². The fourth-order valence-corrected chi connectivity index (χ4v) is 2.82. The first kappa shape index (κ1) is 17.3. The lowest BCUT2D eigenvalue weighted by Gasteiger charge is -2.16. The molecule has 1 aliphatic carbocycles. The van der Waals surface area contributed by atoms with Gasteiger partial charge in [-0.05, 0) is 50.1 Å². The highest BCUT2D eigenvalue weighted by Gasteiger charge is 2.56. The van der Waals surface area contributed by atoms with Crippen molar-refractivity contribution in [2.45, 2.75) is 19.8 Å². The highest BCUT2D eigenvalue weighted by molar-refractivity contribution is 6.32. The van der Waals surface area contributed by atoms with Crippen LogP contribution in [0.5, 0.6) is 5.75 Å². The van der Waals surface area contributed by atoms with Crippen LogP contribution in [0.25, 0.3) is 0 Å². The van der Waals surface area contributed by atoms with Crippen LogP contribution in [0, 0.1) is 12.3 Å². The number of halogens is 1. The highest BCUT2D eigenvalue weighted by Crippen LogP contribution is 2.47. The van der Waals surface area contributed by atoms with E-state index in [9.17, 15) is 9.59 Å². The van der Waals surface area contributed by atoms with Gasteiger partial charge in [0.2, 0.25) is 11.8 Å². The molecule has 3 rings (SSSR count). The molecule has 0 radical (unpaired) electrons. The molecule has 130 valence electrons. The number of ether oxygens (including phenoxy) is 1. The molecule has 0 unspecified atom stereocenters. The van der Waals surface area contributed by atoms with Gasteiger partial charge in [-0.1, -0.05) is 29.3 Å². The molecule has 1 fully saturated rings. The van der Waals surface area contributed by atoms with Crippen molar-refractivity contribution in [2.75, 3.05) is 17.7 Å². The maximum Gasteiger partial charge on any atom is 0.240 e. The summed E-state index contributed by atoms with van der Waals surface area (Å²) < 4.78 is 5.09. The third-order valence-corrected chi connectivity index (χ3v) is 4.63. The van der Waals surface area contributed by atoms with Gasteiger partial charge in [-0.3, -0.25) is 9.59 Å². The third-order valence-electron chi connectivity index (χ3n) is 4.34. The van der Waals surface area contributed by atoms with Crippen molar-refractivity contribution in [2.24, 2.45) is 5.41 Å². The van der Waals surface area contributed by atoms with E-state index in [0.29, 0.717) is 35.0 Å². The Balaban J connectivity index is 1.69. The predicted octanol–water partition coefficient (Wildman–Crippen LogP) is 4.01. The molecule has 2 N–H and O–H groups in total. The summed E-state index contributed by atoms with van der Waals surface area (Å²) in [4.78, 5) is 25.2. The van der Waals surface area contributed by atoms with Gasteiger partial charge in [-0.2, -0.15) is 0 Å². The number of carbonyl (C=O) groups is 2. The Bertz CT molecular complexity index is 814. The monoisotopic (exact) mass is 358 g/mol. The van der Waals surface area contributed by atoms with Gasteiger partial charge in [0.05, 0.1) is 12.1 Å². The van der Waals surface area contributed by atoms with Gasteiger partial charge in [0, 0.05) is 11.4 Å². The van der Waals surface area contributed by atoms with E-state index in [0.717, 1.165) is 5.56 Å². The van der Waals surface area contributed by atoms with Crippen molar-refractivity contribution in [3.63, 3.8) is 0 Å². The Kier molecular flexibility index (Phi) is 4.68. The lowest BCUT2D eigenvalue weighted by molar-refractivity contribution is -0.131. The fourth-order valence-electron chi connectivity index (χ4n) is 2.56. The zero-order valence-corrected chi connectivity index (χ0v) is 14.8. The maximum absolute atomic E-state index is 12.6. The van der Waals surface area contributed by atoms with Crippen molar-refractivity contribution >= 4 is 34.8 Å². The highest BCUT2D eigenvalue weighted by atomic mass is 35.5. The molecule has 1 aliphatic rings. The summed E-state index contributed by atoms with van der Waals surface area (Å²) >= 11 is 6.07. The summed E-state index contributed by atoms with van der Waals surface area (Å²) in [5, 5.41) is 5.99. The van der Waals surface area contributed by atoms with Crippen LogP contribution in [0.1, 0.15) is 18.4 Å². The van der Waals surface area contributed by atoms with Gasteiger partial charge in [0.1, 0.15) is 11.2 Å². The molecule has 0 atom stereocenters. The lowest BCUT2D eigenvalue weighted by Crippen LogP contribution is -2.35. The minimum atomic E-state index is -1.02. The lowest BCUT2D eigenvalue weighted by atomic mass is 10.0. The number of anilines is 2. The SMILES string of the molecule is COc1ccc(NC(=O)C2(C(=O)Nc3ccc(C)cc3)CC2)cc1Cl. The van der Waals surface area contributed by atoms with Crippen molar-refractivity contribution in [3.05, 3.63) is 53.1 Å². The third kappa shape index (κ3) is 3.61. The van der Waals surface area contributed by atoms with Crippen molar-refractivity contribution < 1.29 is 14.3 Å². The largest absolute Gasteiger partial charge is 0.495 e. The minimum absolute atomic E-state index is 0.284. The van der Waals surface area contributed by atoms with E-state index in [1.54, 1.807) is 18.2 Å². The minimum Gasteiger partial charge on any atom is -0.495 e. The summed E-state index contributed by atoms with van der Waals surface area (Å²) in [6.07, 6.45) is 1.06. The van der Waals surface area contributed by atoms with Crippen LogP contribution in [0.15, 0.2) is 42.5 Å². The van der Waals surface area contributed by atoms with Gasteiger partial charge in [-0.15, -0.1) is 0 Å². The Morgan fingerprint density at radius 3 is 2.08 bits per heavy atom. The molecule has 1 saturated carbocycles. The van der Waals surface area contributed by atoms with E-state index >= 15 is 0 Å². The van der Waals surface area contributed by atoms with Crippen LogP contribution in [-0.4, -0.2) is 18.9 Å². The van der Waals surface area contributed by atoms with Crippen LogP contribution < -0.4 is 15.4 Å². The topological polar surface area (TPSA) is 67.4 Å². The number of hydrogen-bond donors (Lipinski definition) is 2. The zero-order valence-electron chi connectivity index (χ0n) is 14.1. The van der Waals surface area contributed by atoms with E-state index in [1.807, 2.05) is 31.2 Å². The first-order chi connectivity index (χ1) is 11.9. The molecule has 0 spiro atoms. The number of hydrogen-bond acceptors (Lipinski definition) is 3. The van der Waals surface area contributed by atoms with Gasteiger partial charge >= 0.3 is 0 Å². The Hall–Kier alpha value is -2.53. The molecule has 0 aromatic heterocycles. The van der Waals surface area contributed by atoms with E-state index in [-0.39, 0.29) is 11.8 Å². The summed E-state index contributed by atoms with van der Waals surface area (Å²) in [5.74, 6) is -0.0790. The molecule has 0 heterocycles. The van der Waals surface area contributed by atoms with Gasteiger partial charge in [0.15, 0.2) is 0 Å². The van der Waals surface area contributed by atoms with Gasteiger partial charge in [0.25, 0.3) is 0 Å². The molecule has 2 aromatic carbocycles. The number of nitrogens with one attached hydrogen (secondary N) is 2. The number of aryl methyl sites for hydroxylation is 1. The summed E-state index contributed by atoms with van der Waals surface area (Å²) in [7, 11) is 1.52. The van der Waals surface area contributed by atoms with Crippen LogP contribution in [0.4, 0.5) is 11.4 Å². The quantitative estimate of drug-likeness (QED) is 0.793. The standard InChI is InChI=1S/C19H19ClN2O3/c1-12-3-5-13(6-4-12)21-17(23)19(9-10-19)18(24)22-14-7-8-16(25-2)15(20)11-14/h3-8,11H,9-10H2,1-2H3,(H,21,23)(H,22,24). The molecular formula is C19H19ClN2O3. The average Bonchev–Trinajstić information content (AvgIpc) is 3.39. The summed E-state index contributed by atoms with van der Waals surface area (Å²) in [6, 6.07) is 12.4. The first-order valence-electron chi connectivity index (χ1n) is 7.98. The Morgan fingerprint density at radius 1 is 1.00 bits per heavy atom. The first-order valence-corrected chi connectivity index (χ1v) is 8.35. The van der Waals surface area contributed by atoms with E-state index in [2.05, 4.69) is 10.6 Å². The number of methoxy groups -OCH3 is 1. The molecule has 6 heteroatoms. The molecular weight excluding hydrogens is 340 g/mol. The molecule has 25 heavy (non-hydrogen) atoms. The zero-order chi connectivity index (χ0) is 18.0. The summed E-state index contributed by atoms with van der Waals surface area (Å²) in [6.45, 7) is 1.97. The Morgan fingerprint density at radius 2 is 1.56 bits per heavy atom. The van der Waals surface area contributed by atoms with Gasteiger partial charge < -0.3 is 15.4 Å². The van der Waals surface area contributed by atoms with Crippen molar-refractivity contribution in [1.82, 2.24) is 0 Å². The summed E-state index contributed by atoms with van der Waals surface area (Å²) in [5.41, 5.74) is 1.30. The van der Waals surface area contributed by atoms with E-state index < -0.39 is 5.41 Å². The second-order valence-corrected chi connectivity index (χ2v) is 6.61. The predicted molar refractivity (Wildman–Crippen MR) is 98.1 cm³/mol. The molecule has 0 bridgehead atoms. The maximum atomic E-state index is 12.6. The second kappa shape index (κ2) is 6.76. The number of rotatable bonds is 5. The van der Waals surface area contributed by atoms with Crippen LogP contribution >= 0.6 is 11.6 Å². The number of amides is 2. The van der Waals surface area contributed by atoms with E-state index in [1.165, 1.54) is 7.11 Å². The average molecular weight is 359 g/mol. The number of benzene rings is 2. The van der Waals surface area contributed by atoms with E-state index in [4.69, 9.17) is 16.3 Å². The smallest absolute Gasteiger partial charge is 0.240 e. The second-order valence-electron chi connectivity index (χ2n) is 6.21. The number of carbonyl (C=O) groups excluding carboxylic acids is 2. The van der Waals surface area contributed by atoms with Crippen molar-refractivity contribution in [3.8, 4) is 5.75 Å². The molecule has 2 aromatic rings. The molecule has 2 amide bonds. The van der Waals surface area contributed by atoms with Crippen LogP contribution in [-0.2, 0) is 9.59 Å². The van der Waals surface area contributed by atoms with Crippen LogP contribution in [0.3, 0.4) is 0 Å². The Labute approximate surface area is 151 Å². The van der Waals surface area contributed by atoms with Crippen LogP contribution in [0.2, 0.25) is 5.02 Å².